The Balaban J connectivity index is 2.29. The molecular weight excluding hydrogens is 182 g/mol. The lowest BCUT2D eigenvalue weighted by Crippen LogP contribution is -2.24. The van der Waals surface area contributed by atoms with Crippen LogP contribution in [-0.2, 0) is 6.54 Å². The number of aromatic nitrogens is 1. The van der Waals surface area contributed by atoms with Gasteiger partial charge in [-0.2, -0.15) is 0 Å². The Hall–Kier alpha value is -1.24. The number of hydrogen-bond acceptors (Lipinski definition) is 0. The highest BCUT2D eigenvalue weighted by atomic mass is 14.9. The normalized spacial score (nSPS) is 10.5. The Morgan fingerprint density at radius 3 is 2.27 bits per heavy atom. The van der Waals surface area contributed by atoms with E-state index in [1.54, 1.807) is 0 Å². The fraction of sp³-hybridized carbons (Fsp3) is 0.429. The molecule has 1 aromatic rings. The average Bonchev–Trinajstić information content (AvgIpc) is 2.47. The van der Waals surface area contributed by atoms with Gasteiger partial charge in [0.1, 0.15) is 0 Å². The second-order valence-electron chi connectivity index (χ2n) is 4.24. The van der Waals surface area contributed by atoms with Crippen molar-refractivity contribution in [3.05, 3.63) is 35.0 Å². The van der Waals surface area contributed by atoms with Crippen molar-refractivity contribution in [1.82, 2.24) is 4.57 Å². The van der Waals surface area contributed by atoms with E-state index >= 15 is 0 Å². The summed E-state index contributed by atoms with van der Waals surface area (Å²) in [7, 11) is 0. The van der Waals surface area contributed by atoms with Gasteiger partial charge in [-0.3, -0.25) is 0 Å². The minimum absolute atomic E-state index is 1.04. The van der Waals surface area contributed by atoms with Gasteiger partial charge in [0.25, 0.3) is 0 Å². The van der Waals surface area contributed by atoms with E-state index in [-0.39, 0.29) is 0 Å². The molecule has 0 atom stereocenters. The van der Waals surface area contributed by atoms with Gasteiger partial charge in [-0.15, -0.1) is 6.58 Å². The first-order valence-electron chi connectivity index (χ1n) is 5.59. The van der Waals surface area contributed by atoms with Gasteiger partial charge in [0.15, 0.2) is 0 Å². The molecule has 0 saturated heterocycles. The van der Waals surface area contributed by atoms with Crippen LogP contribution in [0.1, 0.15) is 32.6 Å². The van der Waals surface area contributed by atoms with Gasteiger partial charge in [-0.05, 0) is 38.3 Å². The lowest BCUT2D eigenvalue weighted by Gasteiger charge is -2.04. The molecular formula is C14H21N. The third-order valence-corrected chi connectivity index (χ3v) is 2.65. The molecule has 0 N–H and O–H groups in total. The molecule has 0 bridgehead atoms. The van der Waals surface area contributed by atoms with E-state index in [4.69, 9.17) is 0 Å². The Morgan fingerprint density at radius 2 is 1.73 bits per heavy atom. The zero-order valence-corrected chi connectivity index (χ0v) is 9.76. The van der Waals surface area contributed by atoms with Gasteiger partial charge in [0.05, 0.1) is 0 Å². The molecule has 0 aromatic carbocycles. The fourth-order valence-electron chi connectivity index (χ4n) is 1.72. The highest BCUT2D eigenvalue weighted by Crippen LogP contribution is 2.06. The number of rotatable bonds is 6. The van der Waals surface area contributed by atoms with E-state index in [0.29, 0.717) is 0 Å². The summed E-state index contributed by atoms with van der Waals surface area (Å²) in [4.78, 5) is 0. The summed E-state index contributed by atoms with van der Waals surface area (Å²) in [6.45, 7) is 15.0. The Morgan fingerprint density at radius 1 is 1.13 bits per heavy atom. The maximum atomic E-state index is 3.98. The second kappa shape index (κ2) is 5.59. The van der Waals surface area contributed by atoms with Crippen molar-refractivity contribution in [3.63, 3.8) is 0 Å². The first-order chi connectivity index (χ1) is 7.11. The number of allylic oxidation sites excluding steroid dienone is 1. The standard InChI is InChI=1S/C14H21N/c1-12(2)8-6-5-7-11-15-13(3)9-10-14(15)4/h9-10H,1,3-8,11H2,2H3. The molecule has 0 unspecified atom stereocenters. The van der Waals surface area contributed by atoms with Crippen molar-refractivity contribution in [2.24, 2.45) is 0 Å². The summed E-state index contributed by atoms with van der Waals surface area (Å²) in [5.74, 6) is 0. The van der Waals surface area contributed by atoms with E-state index in [9.17, 15) is 0 Å². The molecule has 1 nitrogen and oxygen atoms in total. The first kappa shape index (κ1) is 11.8. The van der Waals surface area contributed by atoms with Gasteiger partial charge < -0.3 is 4.57 Å². The van der Waals surface area contributed by atoms with Crippen LogP contribution < -0.4 is 10.7 Å². The van der Waals surface area contributed by atoms with E-state index in [2.05, 4.69) is 31.2 Å². The monoisotopic (exact) mass is 203 g/mol. The van der Waals surface area contributed by atoms with Crippen molar-refractivity contribution in [2.75, 3.05) is 0 Å². The molecule has 0 amide bonds. The van der Waals surface area contributed by atoms with Crippen molar-refractivity contribution in [3.8, 4) is 0 Å². The van der Waals surface area contributed by atoms with E-state index in [0.717, 1.165) is 23.7 Å². The molecule has 0 aliphatic rings. The molecule has 0 aliphatic carbocycles. The molecule has 1 rings (SSSR count). The van der Waals surface area contributed by atoms with Gasteiger partial charge in [-0.1, -0.05) is 25.2 Å². The van der Waals surface area contributed by atoms with Crippen LogP contribution >= 0.6 is 0 Å². The van der Waals surface area contributed by atoms with Crippen LogP contribution in [0.2, 0.25) is 0 Å². The third-order valence-electron chi connectivity index (χ3n) is 2.65. The summed E-state index contributed by atoms with van der Waals surface area (Å²) >= 11 is 0. The largest absolute Gasteiger partial charge is 0.343 e. The lowest BCUT2D eigenvalue weighted by molar-refractivity contribution is 0.573. The molecule has 0 fully saturated rings. The van der Waals surface area contributed by atoms with E-state index in [1.165, 1.54) is 24.8 Å². The van der Waals surface area contributed by atoms with Crippen LogP contribution in [0.4, 0.5) is 0 Å². The molecule has 0 aliphatic heterocycles. The summed E-state index contributed by atoms with van der Waals surface area (Å²) in [5.41, 5.74) is 1.28. The molecule has 1 aromatic heterocycles. The van der Waals surface area contributed by atoms with Crippen LogP contribution in [0.15, 0.2) is 24.3 Å². The highest BCUT2D eigenvalue weighted by Gasteiger charge is 1.94. The fourth-order valence-corrected chi connectivity index (χ4v) is 1.72. The maximum absolute atomic E-state index is 3.98. The molecule has 82 valence electrons. The van der Waals surface area contributed by atoms with Gasteiger partial charge in [0.2, 0.25) is 0 Å². The molecule has 0 spiro atoms. The molecule has 0 saturated carbocycles. The lowest BCUT2D eigenvalue weighted by atomic mass is 10.1. The maximum Gasteiger partial charge on any atom is 0.0338 e. The van der Waals surface area contributed by atoms with E-state index in [1.807, 2.05) is 12.1 Å². The van der Waals surface area contributed by atoms with Crippen LogP contribution in [0.25, 0.3) is 13.2 Å². The van der Waals surface area contributed by atoms with Gasteiger partial charge in [-0.25, -0.2) is 0 Å². The van der Waals surface area contributed by atoms with Crippen LogP contribution in [-0.4, -0.2) is 4.57 Å². The predicted octanol–water partition coefficient (Wildman–Crippen LogP) is 2.45. The minimum atomic E-state index is 1.04. The van der Waals surface area contributed by atoms with E-state index < -0.39 is 0 Å². The molecule has 1 heterocycles. The predicted molar refractivity (Wildman–Crippen MR) is 68.0 cm³/mol. The minimum Gasteiger partial charge on any atom is -0.343 e. The van der Waals surface area contributed by atoms with Crippen LogP contribution in [0.5, 0.6) is 0 Å². The Kier molecular flexibility index (Phi) is 4.41. The zero-order chi connectivity index (χ0) is 11.3. The average molecular weight is 203 g/mol. The Labute approximate surface area is 92.4 Å². The summed E-state index contributed by atoms with van der Waals surface area (Å²) < 4.78 is 2.18. The summed E-state index contributed by atoms with van der Waals surface area (Å²) in [6.07, 6.45) is 4.85. The third kappa shape index (κ3) is 3.78. The smallest absolute Gasteiger partial charge is 0.0338 e. The number of unbranched alkanes of at least 4 members (excludes halogenated alkanes) is 2. The second-order valence-corrected chi connectivity index (χ2v) is 4.24. The molecule has 0 radical (unpaired) electrons. The van der Waals surface area contributed by atoms with Crippen molar-refractivity contribution < 1.29 is 0 Å². The highest BCUT2D eigenvalue weighted by molar-refractivity contribution is 5.08. The quantitative estimate of drug-likeness (QED) is 0.494. The van der Waals surface area contributed by atoms with Gasteiger partial charge >= 0.3 is 0 Å². The van der Waals surface area contributed by atoms with Crippen molar-refractivity contribution in [1.29, 1.82) is 0 Å². The summed E-state index contributed by atoms with van der Waals surface area (Å²) in [5, 5.41) is 2.14. The van der Waals surface area contributed by atoms with Crippen molar-refractivity contribution >= 4 is 13.2 Å². The summed E-state index contributed by atoms with van der Waals surface area (Å²) in [6, 6.07) is 4.05. The Bertz CT molecular complexity index is 384. The number of hydrogen-bond donors (Lipinski definition) is 0. The number of nitrogens with zero attached hydrogens (tertiary/aromatic N) is 1. The topological polar surface area (TPSA) is 4.93 Å². The molecule has 1 heteroatoms. The van der Waals surface area contributed by atoms with Crippen LogP contribution in [0.3, 0.4) is 0 Å². The zero-order valence-electron chi connectivity index (χ0n) is 9.76. The van der Waals surface area contributed by atoms with Crippen LogP contribution in [0, 0.1) is 0 Å². The van der Waals surface area contributed by atoms with Gasteiger partial charge in [0, 0.05) is 17.2 Å². The SMILES string of the molecule is C=C(C)CCCCCn1c(=C)ccc1=C. The first-order valence-corrected chi connectivity index (χ1v) is 5.59. The molecule has 15 heavy (non-hydrogen) atoms. The van der Waals surface area contributed by atoms with Crippen molar-refractivity contribution in [2.45, 2.75) is 39.2 Å².